The highest BCUT2D eigenvalue weighted by Crippen LogP contribution is 2.36. The molecule has 4 aromatic rings. The van der Waals surface area contributed by atoms with E-state index in [9.17, 15) is 0 Å². The summed E-state index contributed by atoms with van der Waals surface area (Å²) in [4.78, 5) is 2.16. The van der Waals surface area contributed by atoms with Crippen molar-refractivity contribution in [3.8, 4) is 22.8 Å². The summed E-state index contributed by atoms with van der Waals surface area (Å²) in [7, 11) is 4.19. The van der Waals surface area contributed by atoms with Gasteiger partial charge in [0.25, 0.3) is 5.82 Å². The molecule has 0 amide bonds. The highest BCUT2D eigenvalue weighted by atomic mass is 79.9. The molecular weight excluding hydrogens is 542 g/mol. The van der Waals surface area contributed by atoms with E-state index in [2.05, 4.69) is 157 Å². The van der Waals surface area contributed by atoms with Gasteiger partial charge >= 0.3 is 0 Å². The van der Waals surface area contributed by atoms with Crippen LogP contribution in [0.2, 0.25) is 0 Å². The minimum Gasteiger partial charge on any atom is -1.00 e. The largest absolute Gasteiger partial charge is 1.00 e. The number of imidazole rings is 1. The van der Waals surface area contributed by atoms with Gasteiger partial charge in [0.2, 0.25) is 0 Å². The monoisotopic (exact) mass is 587 g/mol. The molecule has 4 rings (SSSR count). The van der Waals surface area contributed by atoms with Gasteiger partial charge in [0, 0.05) is 42.0 Å². The van der Waals surface area contributed by atoms with E-state index in [-0.39, 0.29) is 17.0 Å². The number of anilines is 1. The Hall–Kier alpha value is -2.85. The van der Waals surface area contributed by atoms with Gasteiger partial charge in [-0.15, -0.1) is 0 Å². The average Bonchev–Trinajstić information content (AvgIpc) is 3.32. The fourth-order valence-electron chi connectivity index (χ4n) is 5.52. The van der Waals surface area contributed by atoms with Gasteiger partial charge in [-0.05, 0) is 47.9 Å². The van der Waals surface area contributed by atoms with E-state index in [1.54, 1.807) is 0 Å². The highest BCUT2D eigenvalue weighted by Gasteiger charge is 2.30. The molecule has 0 atom stereocenters. The van der Waals surface area contributed by atoms with Gasteiger partial charge in [-0.1, -0.05) is 91.8 Å². The first kappa shape index (κ1) is 30.7. The zero-order valence-electron chi connectivity index (χ0n) is 25.5. The molecule has 3 nitrogen and oxygen atoms in total. The van der Waals surface area contributed by atoms with Crippen molar-refractivity contribution >= 4 is 5.69 Å². The number of rotatable bonds is 8. The molecule has 0 fully saturated rings. The van der Waals surface area contributed by atoms with Crippen LogP contribution >= 0.6 is 0 Å². The van der Waals surface area contributed by atoms with E-state index < -0.39 is 0 Å². The van der Waals surface area contributed by atoms with Crippen LogP contribution in [0, 0.1) is 0 Å². The van der Waals surface area contributed by atoms with E-state index in [4.69, 9.17) is 0 Å². The summed E-state index contributed by atoms with van der Waals surface area (Å²) in [6.07, 6.45) is 4.56. The average molecular weight is 589 g/mol. The smallest absolute Gasteiger partial charge is 0.299 e. The minimum absolute atomic E-state index is 0. The second kappa shape index (κ2) is 12.6. The number of hydrogen-bond donors (Lipinski definition) is 0. The fourth-order valence-corrected chi connectivity index (χ4v) is 5.52. The fraction of sp³-hybridized carbons (Fsp3) is 0.400. The van der Waals surface area contributed by atoms with Crippen LogP contribution in [0.3, 0.4) is 0 Å². The van der Waals surface area contributed by atoms with Crippen molar-refractivity contribution in [3.05, 3.63) is 95.3 Å². The highest BCUT2D eigenvalue weighted by molar-refractivity contribution is 5.64. The number of nitrogens with zero attached hydrogens (tertiary/aromatic N) is 3. The third-order valence-corrected chi connectivity index (χ3v) is 7.63. The van der Waals surface area contributed by atoms with Gasteiger partial charge in [0.05, 0.1) is 5.56 Å². The van der Waals surface area contributed by atoms with Crippen molar-refractivity contribution in [1.82, 2.24) is 4.57 Å². The molecule has 0 saturated heterocycles. The Morgan fingerprint density at radius 2 is 1.05 bits per heavy atom. The molecule has 0 bridgehead atoms. The predicted octanol–water partition coefficient (Wildman–Crippen LogP) is 5.98. The molecule has 0 saturated carbocycles. The SMILES string of the molecule is CC(C)c1cccc(C(C)C)c1-n1cc[n+](-c2c(C(C)C)cccc2C(C)C)c1-c1ccc(N(C)C)cc1.[Br-]. The maximum absolute atomic E-state index is 2.45. The topological polar surface area (TPSA) is 12.0 Å². The van der Waals surface area contributed by atoms with Crippen LogP contribution in [0.25, 0.3) is 22.8 Å². The first-order valence-corrected chi connectivity index (χ1v) is 14.2. The molecule has 208 valence electrons. The van der Waals surface area contributed by atoms with Gasteiger partial charge in [-0.3, -0.25) is 0 Å². The third kappa shape index (κ3) is 6.01. The lowest BCUT2D eigenvalue weighted by Crippen LogP contribution is -3.00. The Morgan fingerprint density at radius 1 is 0.615 bits per heavy atom. The molecular formula is C35H46BrN3. The molecule has 1 aromatic heterocycles. The molecule has 4 heteroatoms. The van der Waals surface area contributed by atoms with Crippen LogP contribution in [-0.4, -0.2) is 18.7 Å². The van der Waals surface area contributed by atoms with Crippen molar-refractivity contribution in [2.45, 2.75) is 79.1 Å². The normalized spacial score (nSPS) is 11.5. The number of halogens is 1. The molecule has 0 aliphatic carbocycles. The first-order valence-electron chi connectivity index (χ1n) is 14.2. The summed E-state index contributed by atoms with van der Waals surface area (Å²) < 4.78 is 4.91. The van der Waals surface area contributed by atoms with E-state index in [1.165, 1.54) is 50.7 Å². The van der Waals surface area contributed by atoms with E-state index in [1.807, 2.05) is 0 Å². The minimum atomic E-state index is 0. The van der Waals surface area contributed by atoms with Crippen molar-refractivity contribution in [1.29, 1.82) is 0 Å². The van der Waals surface area contributed by atoms with Gasteiger partial charge in [-0.25, -0.2) is 0 Å². The van der Waals surface area contributed by atoms with Crippen LogP contribution in [0.5, 0.6) is 0 Å². The number of para-hydroxylation sites is 2. The lowest BCUT2D eigenvalue weighted by molar-refractivity contribution is -0.584. The lowest BCUT2D eigenvalue weighted by atomic mass is 9.92. The van der Waals surface area contributed by atoms with Crippen LogP contribution in [0.15, 0.2) is 73.1 Å². The molecule has 3 aromatic carbocycles. The first-order chi connectivity index (χ1) is 18.0. The quantitative estimate of drug-likeness (QED) is 0.231. The summed E-state index contributed by atoms with van der Waals surface area (Å²) >= 11 is 0. The zero-order valence-corrected chi connectivity index (χ0v) is 27.0. The Kier molecular flexibility index (Phi) is 9.88. The van der Waals surface area contributed by atoms with E-state index in [0.29, 0.717) is 23.7 Å². The molecule has 39 heavy (non-hydrogen) atoms. The van der Waals surface area contributed by atoms with Gasteiger partial charge in [0.15, 0.2) is 0 Å². The van der Waals surface area contributed by atoms with Crippen molar-refractivity contribution in [2.75, 3.05) is 19.0 Å². The maximum Gasteiger partial charge on any atom is 0.299 e. The maximum atomic E-state index is 2.45. The summed E-state index contributed by atoms with van der Waals surface area (Å²) in [5.41, 5.74) is 10.6. The summed E-state index contributed by atoms with van der Waals surface area (Å²) in [6, 6.07) is 22.7. The standard InChI is InChI=1S/C35H46N3.BrH/c1-23(2)29-13-11-14-30(24(3)4)33(29)37-21-22-38(35(37)27-17-19-28(20-18-27)36(9)10)34-31(25(5)6)15-12-16-32(34)26(7)8;/h11-26H,1-10H3;1H/q+1;/p-1. The lowest BCUT2D eigenvalue weighted by Gasteiger charge is -2.20. The summed E-state index contributed by atoms with van der Waals surface area (Å²) in [6.45, 7) is 18.4. The summed E-state index contributed by atoms with van der Waals surface area (Å²) in [5.74, 6) is 2.85. The van der Waals surface area contributed by atoms with Crippen LogP contribution in [0.1, 0.15) is 101 Å². The second-order valence-corrected chi connectivity index (χ2v) is 12.0. The van der Waals surface area contributed by atoms with Crippen molar-refractivity contribution < 1.29 is 21.5 Å². The molecule has 0 aliphatic rings. The van der Waals surface area contributed by atoms with E-state index >= 15 is 0 Å². The molecule has 0 aliphatic heterocycles. The van der Waals surface area contributed by atoms with E-state index in [0.717, 1.165) is 0 Å². The molecule has 0 spiro atoms. The number of aromatic nitrogens is 2. The Bertz CT molecular complexity index is 1260. The zero-order chi connectivity index (χ0) is 27.7. The summed E-state index contributed by atoms with van der Waals surface area (Å²) in [5, 5.41) is 0. The van der Waals surface area contributed by atoms with Crippen molar-refractivity contribution in [3.63, 3.8) is 0 Å². The molecule has 0 radical (unpaired) electrons. The number of hydrogen-bond acceptors (Lipinski definition) is 1. The molecule has 0 unspecified atom stereocenters. The second-order valence-electron chi connectivity index (χ2n) is 12.0. The van der Waals surface area contributed by atoms with Crippen LogP contribution < -0.4 is 26.4 Å². The number of benzene rings is 3. The van der Waals surface area contributed by atoms with Crippen LogP contribution in [0.4, 0.5) is 5.69 Å². The Morgan fingerprint density at radius 3 is 1.46 bits per heavy atom. The molecule has 1 heterocycles. The van der Waals surface area contributed by atoms with Crippen LogP contribution in [-0.2, 0) is 0 Å². The van der Waals surface area contributed by atoms with Gasteiger partial charge in [-0.2, -0.15) is 9.13 Å². The van der Waals surface area contributed by atoms with Gasteiger partial charge < -0.3 is 21.9 Å². The third-order valence-electron chi connectivity index (χ3n) is 7.63. The Balaban J connectivity index is 0.00000420. The molecule has 0 N–H and O–H groups in total. The van der Waals surface area contributed by atoms with Crippen molar-refractivity contribution in [2.24, 2.45) is 0 Å². The van der Waals surface area contributed by atoms with Gasteiger partial charge in [0.1, 0.15) is 23.8 Å². The predicted molar refractivity (Wildman–Crippen MR) is 163 cm³/mol. The Labute approximate surface area is 247 Å².